The van der Waals surface area contributed by atoms with Crippen LogP contribution < -0.4 is 10.1 Å². The molecule has 3 rings (SSSR count). The van der Waals surface area contributed by atoms with Gasteiger partial charge in [-0.25, -0.2) is 4.98 Å². The minimum absolute atomic E-state index is 0.259. The van der Waals surface area contributed by atoms with Crippen molar-refractivity contribution in [1.29, 1.82) is 0 Å². The Morgan fingerprint density at radius 3 is 2.67 bits per heavy atom. The normalized spacial score (nSPS) is 13.2. The predicted octanol–water partition coefficient (Wildman–Crippen LogP) is 3.31. The van der Waals surface area contributed by atoms with E-state index in [9.17, 15) is 9.90 Å². The number of amides is 1. The van der Waals surface area contributed by atoms with Crippen LogP contribution in [0.4, 0.5) is 0 Å². The fourth-order valence-corrected chi connectivity index (χ4v) is 3.18. The molecule has 2 unspecified atom stereocenters. The second kappa shape index (κ2) is 9.89. The average molecular weight is 405 g/mol. The number of aromatic nitrogens is 2. The van der Waals surface area contributed by atoms with E-state index in [0.717, 1.165) is 22.5 Å². The number of aryl methyl sites for hydroxylation is 1. The number of ether oxygens (including phenoxy) is 1. The molecular formula is C24H27N3O3. The van der Waals surface area contributed by atoms with Crippen LogP contribution in [0.3, 0.4) is 0 Å². The molecule has 0 bridgehead atoms. The summed E-state index contributed by atoms with van der Waals surface area (Å²) in [7, 11) is 1.61. The van der Waals surface area contributed by atoms with E-state index in [1.54, 1.807) is 26.4 Å². The quantitative estimate of drug-likeness (QED) is 0.564. The lowest BCUT2D eigenvalue weighted by Crippen LogP contribution is -2.42. The number of hydrogen-bond donors (Lipinski definition) is 2. The molecule has 2 atom stereocenters. The molecule has 30 heavy (non-hydrogen) atoms. The maximum Gasteiger partial charge on any atom is 0.244 e. The van der Waals surface area contributed by atoms with Crippen molar-refractivity contribution in [2.45, 2.75) is 32.4 Å². The van der Waals surface area contributed by atoms with Crippen LogP contribution >= 0.6 is 0 Å². The molecule has 0 saturated carbocycles. The van der Waals surface area contributed by atoms with Gasteiger partial charge in [0.15, 0.2) is 0 Å². The highest BCUT2D eigenvalue weighted by Gasteiger charge is 2.17. The van der Waals surface area contributed by atoms with Crippen LogP contribution in [0.25, 0.3) is 11.8 Å². The fraction of sp³-hybridized carbons (Fsp3) is 0.250. The van der Waals surface area contributed by atoms with Gasteiger partial charge in [0.05, 0.1) is 37.0 Å². The van der Waals surface area contributed by atoms with Crippen molar-refractivity contribution in [2.24, 2.45) is 0 Å². The van der Waals surface area contributed by atoms with Gasteiger partial charge in [-0.05, 0) is 49.6 Å². The number of carbonyl (C=O) groups is 1. The first-order chi connectivity index (χ1) is 14.5. The zero-order valence-corrected chi connectivity index (χ0v) is 17.4. The van der Waals surface area contributed by atoms with Gasteiger partial charge in [0.1, 0.15) is 5.75 Å². The van der Waals surface area contributed by atoms with E-state index >= 15 is 0 Å². The monoisotopic (exact) mass is 405 g/mol. The van der Waals surface area contributed by atoms with Crippen LogP contribution in [-0.4, -0.2) is 39.8 Å². The number of rotatable bonds is 8. The molecule has 156 valence electrons. The third kappa shape index (κ3) is 5.58. The Morgan fingerprint density at radius 2 is 2.03 bits per heavy atom. The minimum Gasteiger partial charge on any atom is -0.495 e. The molecule has 0 aliphatic heterocycles. The first-order valence-electron chi connectivity index (χ1n) is 9.86. The molecular weight excluding hydrogens is 378 g/mol. The van der Waals surface area contributed by atoms with Crippen molar-refractivity contribution < 1.29 is 14.6 Å². The van der Waals surface area contributed by atoms with Gasteiger partial charge in [-0.3, -0.25) is 4.79 Å². The van der Waals surface area contributed by atoms with E-state index in [1.807, 2.05) is 66.2 Å². The molecule has 1 heterocycles. The number of hydrogen-bond acceptors (Lipinski definition) is 4. The van der Waals surface area contributed by atoms with Gasteiger partial charge in [0.2, 0.25) is 5.91 Å². The average Bonchev–Trinajstić information content (AvgIpc) is 3.18. The predicted molar refractivity (Wildman–Crippen MR) is 118 cm³/mol. The number of carbonyl (C=O) groups excluding carboxylic acids is 1. The zero-order valence-electron chi connectivity index (χ0n) is 17.4. The number of nitrogens with zero attached hydrogens (tertiary/aromatic N) is 2. The van der Waals surface area contributed by atoms with Crippen molar-refractivity contribution in [3.05, 3.63) is 84.0 Å². The van der Waals surface area contributed by atoms with Gasteiger partial charge in [0, 0.05) is 12.3 Å². The van der Waals surface area contributed by atoms with Gasteiger partial charge in [-0.15, -0.1) is 0 Å². The number of methoxy groups -OCH3 is 1. The van der Waals surface area contributed by atoms with Crippen LogP contribution in [0.2, 0.25) is 0 Å². The number of aliphatic hydroxyl groups excluding tert-OH is 1. The summed E-state index contributed by atoms with van der Waals surface area (Å²) in [6, 6.07) is 15.1. The van der Waals surface area contributed by atoms with Crippen molar-refractivity contribution in [1.82, 2.24) is 14.9 Å². The standard InChI is InChI=1S/C24H27N3O3/c1-17-15-27(16-25-17)22-11-9-20(14-23(22)30-3)10-12-24(29)26-21(18(2)28)13-19-7-5-4-6-8-19/h4-12,14-16,18,21,28H,13H2,1-3H3,(H,26,29). The molecule has 6 nitrogen and oxygen atoms in total. The lowest BCUT2D eigenvalue weighted by Gasteiger charge is -2.21. The first kappa shape index (κ1) is 21.3. The van der Waals surface area contributed by atoms with Crippen LogP contribution in [0.5, 0.6) is 5.75 Å². The van der Waals surface area contributed by atoms with Crippen molar-refractivity contribution in [3.8, 4) is 11.4 Å². The molecule has 2 N–H and O–H groups in total. The smallest absolute Gasteiger partial charge is 0.244 e. The van der Waals surface area contributed by atoms with E-state index in [1.165, 1.54) is 6.08 Å². The summed E-state index contributed by atoms with van der Waals surface area (Å²) in [6.07, 6.45) is 6.74. The van der Waals surface area contributed by atoms with Crippen LogP contribution in [-0.2, 0) is 11.2 Å². The Labute approximate surface area is 176 Å². The van der Waals surface area contributed by atoms with E-state index in [2.05, 4.69) is 10.3 Å². The maximum absolute atomic E-state index is 12.4. The summed E-state index contributed by atoms with van der Waals surface area (Å²) in [5.74, 6) is 0.422. The molecule has 1 amide bonds. The molecule has 2 aromatic carbocycles. The Hall–Kier alpha value is -3.38. The molecule has 0 saturated heterocycles. The zero-order chi connectivity index (χ0) is 21.5. The fourth-order valence-electron chi connectivity index (χ4n) is 3.18. The van der Waals surface area contributed by atoms with Gasteiger partial charge >= 0.3 is 0 Å². The summed E-state index contributed by atoms with van der Waals surface area (Å²) >= 11 is 0. The Kier molecular flexibility index (Phi) is 7.03. The van der Waals surface area contributed by atoms with Gasteiger partial charge < -0.3 is 19.7 Å². The first-order valence-corrected chi connectivity index (χ1v) is 9.86. The van der Waals surface area contributed by atoms with Gasteiger partial charge in [-0.1, -0.05) is 36.4 Å². The van der Waals surface area contributed by atoms with E-state index in [4.69, 9.17) is 4.74 Å². The number of aliphatic hydroxyl groups is 1. The third-order valence-corrected chi connectivity index (χ3v) is 4.83. The summed E-state index contributed by atoms with van der Waals surface area (Å²) in [4.78, 5) is 16.7. The summed E-state index contributed by atoms with van der Waals surface area (Å²) in [6.45, 7) is 3.61. The van der Waals surface area contributed by atoms with Gasteiger partial charge in [-0.2, -0.15) is 0 Å². The second-order valence-electron chi connectivity index (χ2n) is 7.23. The Bertz CT molecular complexity index is 1010. The molecule has 0 radical (unpaired) electrons. The molecule has 1 aromatic heterocycles. The second-order valence-corrected chi connectivity index (χ2v) is 7.23. The highest BCUT2D eigenvalue weighted by molar-refractivity contribution is 5.92. The Morgan fingerprint density at radius 1 is 1.27 bits per heavy atom. The SMILES string of the molecule is COc1cc(C=CC(=O)NC(Cc2ccccc2)C(C)O)ccc1-n1cnc(C)c1. The number of benzene rings is 2. The van der Waals surface area contributed by atoms with Crippen LogP contribution in [0, 0.1) is 6.92 Å². The van der Waals surface area contributed by atoms with Crippen molar-refractivity contribution >= 4 is 12.0 Å². The van der Waals surface area contributed by atoms with E-state index in [0.29, 0.717) is 12.2 Å². The minimum atomic E-state index is -0.666. The van der Waals surface area contributed by atoms with Crippen molar-refractivity contribution in [2.75, 3.05) is 7.11 Å². The Balaban J connectivity index is 1.68. The van der Waals surface area contributed by atoms with Gasteiger partial charge in [0.25, 0.3) is 0 Å². The third-order valence-electron chi connectivity index (χ3n) is 4.83. The molecule has 3 aromatic rings. The number of nitrogens with one attached hydrogen (secondary N) is 1. The van der Waals surface area contributed by atoms with Crippen LogP contribution in [0.15, 0.2) is 67.1 Å². The molecule has 6 heteroatoms. The lowest BCUT2D eigenvalue weighted by molar-refractivity contribution is -0.117. The summed E-state index contributed by atoms with van der Waals surface area (Å²) in [5.41, 5.74) is 3.68. The summed E-state index contributed by atoms with van der Waals surface area (Å²) in [5, 5.41) is 12.9. The van der Waals surface area contributed by atoms with E-state index in [-0.39, 0.29) is 11.9 Å². The largest absolute Gasteiger partial charge is 0.495 e. The van der Waals surface area contributed by atoms with E-state index < -0.39 is 6.10 Å². The van der Waals surface area contributed by atoms with Crippen LogP contribution in [0.1, 0.15) is 23.7 Å². The lowest BCUT2D eigenvalue weighted by atomic mass is 10.0. The maximum atomic E-state index is 12.4. The molecule has 0 fully saturated rings. The van der Waals surface area contributed by atoms with Crippen molar-refractivity contribution in [3.63, 3.8) is 0 Å². The highest BCUT2D eigenvalue weighted by atomic mass is 16.5. The highest BCUT2D eigenvalue weighted by Crippen LogP contribution is 2.25. The molecule has 0 aliphatic rings. The summed E-state index contributed by atoms with van der Waals surface area (Å²) < 4.78 is 7.40. The molecule has 0 spiro atoms. The molecule has 0 aliphatic carbocycles. The number of imidazole rings is 1. The topological polar surface area (TPSA) is 76.4 Å².